The molecule has 0 aliphatic heterocycles. The van der Waals surface area contributed by atoms with E-state index >= 15 is 0 Å². The van der Waals surface area contributed by atoms with Gasteiger partial charge in [0.2, 0.25) is 0 Å². The Morgan fingerprint density at radius 1 is 1.35 bits per heavy atom. The predicted octanol–water partition coefficient (Wildman–Crippen LogP) is 3.83. The van der Waals surface area contributed by atoms with Crippen LogP contribution < -0.4 is 0 Å². The van der Waals surface area contributed by atoms with Gasteiger partial charge in [-0.1, -0.05) is 22.0 Å². The lowest BCUT2D eigenvalue weighted by Gasteiger charge is -2.08. The molecule has 0 saturated heterocycles. The molecule has 1 heterocycles. The molecule has 0 aliphatic rings. The van der Waals surface area contributed by atoms with Crippen molar-refractivity contribution < 1.29 is 13.2 Å². The number of aryl methyl sites for hydroxylation is 1. The molecule has 88 valence electrons. The number of rotatable bonds is 0. The van der Waals surface area contributed by atoms with Gasteiger partial charge in [0, 0.05) is 16.9 Å². The Hall–Kier alpha value is -1.48. The van der Waals surface area contributed by atoms with E-state index in [0.717, 1.165) is 4.57 Å². The summed E-state index contributed by atoms with van der Waals surface area (Å²) >= 11 is 3.20. The summed E-state index contributed by atoms with van der Waals surface area (Å²) in [6.07, 6.45) is -4.54. The summed E-state index contributed by atoms with van der Waals surface area (Å²) in [5, 5.41) is 9.20. The SMILES string of the molecule is Cn1c(C(F)(F)F)c(C#N)c2ccc(Br)cc21. The van der Waals surface area contributed by atoms with Gasteiger partial charge in [-0.3, -0.25) is 0 Å². The first-order valence-corrected chi connectivity index (χ1v) is 5.40. The molecule has 0 radical (unpaired) electrons. The van der Waals surface area contributed by atoms with Crippen LogP contribution in [0.5, 0.6) is 0 Å². The Morgan fingerprint density at radius 2 is 2.00 bits per heavy atom. The highest BCUT2D eigenvalue weighted by Gasteiger charge is 2.38. The third kappa shape index (κ3) is 1.80. The molecular weight excluding hydrogens is 297 g/mol. The molecular formula is C11H6BrF3N2. The Balaban J connectivity index is 2.95. The zero-order valence-electron chi connectivity index (χ0n) is 8.64. The van der Waals surface area contributed by atoms with Gasteiger partial charge in [-0.05, 0) is 12.1 Å². The lowest BCUT2D eigenvalue weighted by molar-refractivity contribution is -0.143. The number of hydrogen-bond acceptors (Lipinski definition) is 1. The zero-order valence-corrected chi connectivity index (χ0v) is 10.2. The number of alkyl halides is 3. The lowest BCUT2D eigenvalue weighted by atomic mass is 10.1. The van der Waals surface area contributed by atoms with Crippen LogP contribution in [0.1, 0.15) is 11.3 Å². The van der Waals surface area contributed by atoms with E-state index in [4.69, 9.17) is 5.26 Å². The van der Waals surface area contributed by atoms with Crippen LogP contribution in [0.15, 0.2) is 22.7 Å². The molecule has 1 aromatic carbocycles. The number of hydrogen-bond donors (Lipinski definition) is 0. The van der Waals surface area contributed by atoms with Crippen molar-refractivity contribution in [2.24, 2.45) is 7.05 Å². The van der Waals surface area contributed by atoms with E-state index < -0.39 is 11.9 Å². The standard InChI is InChI=1S/C11H6BrF3N2/c1-17-9-4-6(12)2-3-7(9)8(5-16)10(17)11(13,14)15/h2-4H,1H3. The molecule has 2 rings (SSSR count). The fourth-order valence-electron chi connectivity index (χ4n) is 1.85. The number of fused-ring (bicyclic) bond motifs is 1. The average molecular weight is 303 g/mol. The number of halogens is 4. The molecule has 0 amide bonds. The van der Waals surface area contributed by atoms with E-state index in [1.165, 1.54) is 13.1 Å². The van der Waals surface area contributed by atoms with Crippen molar-refractivity contribution in [2.45, 2.75) is 6.18 Å². The molecule has 2 nitrogen and oxygen atoms in total. The molecule has 0 atom stereocenters. The zero-order chi connectivity index (χ0) is 12.8. The number of benzene rings is 1. The number of aromatic nitrogens is 1. The third-order valence-electron chi connectivity index (χ3n) is 2.54. The fraction of sp³-hybridized carbons (Fsp3) is 0.182. The first-order valence-electron chi connectivity index (χ1n) is 4.61. The summed E-state index contributed by atoms with van der Waals surface area (Å²) in [4.78, 5) is 0. The maximum absolute atomic E-state index is 12.9. The van der Waals surface area contributed by atoms with Gasteiger partial charge in [0.05, 0.1) is 11.1 Å². The first kappa shape index (κ1) is 12.0. The maximum atomic E-state index is 12.9. The van der Waals surface area contributed by atoms with Crippen molar-refractivity contribution in [3.63, 3.8) is 0 Å². The van der Waals surface area contributed by atoms with Gasteiger partial charge in [-0.15, -0.1) is 0 Å². The topological polar surface area (TPSA) is 28.7 Å². The van der Waals surface area contributed by atoms with Gasteiger partial charge < -0.3 is 4.57 Å². The van der Waals surface area contributed by atoms with Crippen LogP contribution in [0.3, 0.4) is 0 Å². The second-order valence-electron chi connectivity index (χ2n) is 3.55. The van der Waals surface area contributed by atoms with Crippen molar-refractivity contribution in [2.75, 3.05) is 0 Å². The predicted molar refractivity (Wildman–Crippen MR) is 60.3 cm³/mol. The van der Waals surface area contributed by atoms with Crippen molar-refractivity contribution in [1.29, 1.82) is 5.26 Å². The van der Waals surface area contributed by atoms with Crippen molar-refractivity contribution in [1.82, 2.24) is 4.57 Å². The van der Waals surface area contributed by atoms with E-state index in [0.29, 0.717) is 15.4 Å². The summed E-state index contributed by atoms with van der Waals surface area (Å²) < 4.78 is 40.2. The minimum atomic E-state index is -4.54. The van der Waals surface area contributed by atoms with E-state index in [9.17, 15) is 13.2 Å². The minimum Gasteiger partial charge on any atom is -0.339 e. The lowest BCUT2D eigenvalue weighted by Crippen LogP contribution is -2.12. The van der Waals surface area contributed by atoms with Crippen LogP contribution in [-0.2, 0) is 13.2 Å². The van der Waals surface area contributed by atoms with E-state index in [2.05, 4.69) is 15.9 Å². The second kappa shape index (κ2) is 3.77. The molecule has 0 saturated carbocycles. The largest absolute Gasteiger partial charge is 0.432 e. The van der Waals surface area contributed by atoms with Gasteiger partial charge in [0.15, 0.2) is 0 Å². The fourth-order valence-corrected chi connectivity index (χ4v) is 2.20. The quantitative estimate of drug-likeness (QED) is 0.727. The molecule has 0 fully saturated rings. The summed E-state index contributed by atoms with van der Waals surface area (Å²) in [7, 11) is 1.30. The Labute approximate surface area is 103 Å². The molecule has 0 bridgehead atoms. The molecule has 1 aromatic heterocycles. The molecule has 17 heavy (non-hydrogen) atoms. The first-order chi connectivity index (χ1) is 7.86. The molecule has 0 spiro atoms. The van der Waals surface area contributed by atoms with Crippen LogP contribution in [-0.4, -0.2) is 4.57 Å². The van der Waals surface area contributed by atoms with Gasteiger partial charge in [-0.25, -0.2) is 0 Å². The monoisotopic (exact) mass is 302 g/mol. The third-order valence-corrected chi connectivity index (χ3v) is 3.04. The highest BCUT2D eigenvalue weighted by atomic mass is 79.9. The Kier molecular flexibility index (Phi) is 2.66. The van der Waals surface area contributed by atoms with E-state index in [1.807, 2.05) is 0 Å². The molecule has 0 unspecified atom stereocenters. The van der Waals surface area contributed by atoms with Gasteiger partial charge in [-0.2, -0.15) is 18.4 Å². The Bertz CT molecular complexity index is 635. The molecule has 0 aliphatic carbocycles. The van der Waals surface area contributed by atoms with Crippen molar-refractivity contribution in [3.05, 3.63) is 33.9 Å². The van der Waals surface area contributed by atoms with Crippen molar-refractivity contribution >= 4 is 26.8 Å². The summed E-state index contributed by atoms with van der Waals surface area (Å²) in [6.45, 7) is 0. The molecule has 2 aromatic rings. The maximum Gasteiger partial charge on any atom is 0.432 e. The van der Waals surface area contributed by atoms with Crippen LogP contribution in [0.2, 0.25) is 0 Å². The summed E-state index contributed by atoms with van der Waals surface area (Å²) in [5.41, 5.74) is -0.862. The second-order valence-corrected chi connectivity index (χ2v) is 4.47. The highest BCUT2D eigenvalue weighted by molar-refractivity contribution is 9.10. The van der Waals surface area contributed by atoms with E-state index in [1.54, 1.807) is 18.2 Å². The molecule has 0 N–H and O–H groups in total. The number of nitriles is 1. The van der Waals surface area contributed by atoms with Crippen LogP contribution >= 0.6 is 15.9 Å². The molecule has 6 heteroatoms. The Morgan fingerprint density at radius 3 is 2.53 bits per heavy atom. The van der Waals surface area contributed by atoms with Gasteiger partial charge in [0.1, 0.15) is 11.8 Å². The smallest absolute Gasteiger partial charge is 0.339 e. The van der Waals surface area contributed by atoms with E-state index in [-0.39, 0.29) is 5.56 Å². The number of nitrogens with zero attached hydrogens (tertiary/aromatic N) is 2. The van der Waals surface area contributed by atoms with Crippen molar-refractivity contribution in [3.8, 4) is 6.07 Å². The van der Waals surface area contributed by atoms with Crippen LogP contribution in [0.25, 0.3) is 10.9 Å². The van der Waals surface area contributed by atoms with Crippen LogP contribution in [0, 0.1) is 11.3 Å². The summed E-state index contributed by atoms with van der Waals surface area (Å²) in [6, 6.07) is 6.31. The highest BCUT2D eigenvalue weighted by Crippen LogP contribution is 2.37. The normalized spacial score (nSPS) is 11.8. The minimum absolute atomic E-state index is 0.311. The van der Waals surface area contributed by atoms with Gasteiger partial charge in [0.25, 0.3) is 0 Å². The average Bonchev–Trinajstić information content (AvgIpc) is 2.51. The van der Waals surface area contributed by atoms with Gasteiger partial charge >= 0.3 is 6.18 Å². The van der Waals surface area contributed by atoms with Crippen LogP contribution in [0.4, 0.5) is 13.2 Å². The summed E-state index contributed by atoms with van der Waals surface area (Å²) in [5.74, 6) is 0.